The van der Waals surface area contributed by atoms with Gasteiger partial charge < -0.3 is 33.8 Å². The van der Waals surface area contributed by atoms with E-state index < -0.39 is 97.5 Å². The Morgan fingerprint density at radius 3 is 0.800 bits per heavy atom. The molecule has 19 heteroatoms. The molecule has 0 saturated carbocycles. The number of rotatable bonds is 75. The molecule has 0 aromatic rings. The van der Waals surface area contributed by atoms with Crippen LogP contribution in [0.2, 0.25) is 0 Å². The van der Waals surface area contributed by atoms with Gasteiger partial charge in [0.15, 0.2) is 12.2 Å². The molecule has 0 bridgehead atoms. The normalized spacial score (nSPS) is 14.3. The molecule has 3 N–H and O–H groups in total. The minimum Gasteiger partial charge on any atom is -0.462 e. The molecular formula is C76H148O17P2. The number of aliphatic hydroxyl groups is 1. The van der Waals surface area contributed by atoms with Crippen LogP contribution in [0.15, 0.2) is 0 Å². The van der Waals surface area contributed by atoms with Crippen LogP contribution in [0.4, 0.5) is 0 Å². The van der Waals surface area contributed by atoms with E-state index in [0.29, 0.717) is 25.7 Å². The van der Waals surface area contributed by atoms with Crippen molar-refractivity contribution >= 4 is 39.5 Å². The van der Waals surface area contributed by atoms with Crippen LogP contribution in [-0.4, -0.2) is 96.7 Å². The Morgan fingerprint density at radius 1 is 0.305 bits per heavy atom. The molecule has 564 valence electrons. The van der Waals surface area contributed by atoms with Crippen LogP contribution in [-0.2, 0) is 65.4 Å². The van der Waals surface area contributed by atoms with Gasteiger partial charge in [-0.3, -0.25) is 37.3 Å². The Balaban J connectivity index is 5.19. The molecule has 0 aromatic heterocycles. The molecule has 3 unspecified atom stereocenters. The summed E-state index contributed by atoms with van der Waals surface area (Å²) in [5, 5.41) is 10.6. The van der Waals surface area contributed by atoms with Gasteiger partial charge in [-0.15, -0.1) is 0 Å². The maximum atomic E-state index is 13.1. The van der Waals surface area contributed by atoms with Crippen LogP contribution < -0.4 is 0 Å². The zero-order valence-corrected chi connectivity index (χ0v) is 63.8. The van der Waals surface area contributed by atoms with Crippen molar-refractivity contribution in [2.45, 2.75) is 413 Å². The highest BCUT2D eigenvalue weighted by Crippen LogP contribution is 2.45. The van der Waals surface area contributed by atoms with Gasteiger partial charge in [-0.1, -0.05) is 343 Å². The van der Waals surface area contributed by atoms with Crippen molar-refractivity contribution in [2.24, 2.45) is 11.8 Å². The Morgan fingerprint density at radius 2 is 0.537 bits per heavy atom. The van der Waals surface area contributed by atoms with Crippen LogP contribution >= 0.6 is 15.6 Å². The number of phosphoric acid groups is 2. The highest BCUT2D eigenvalue weighted by molar-refractivity contribution is 7.47. The highest BCUT2D eigenvalue weighted by atomic mass is 31.2. The summed E-state index contributed by atoms with van der Waals surface area (Å²) in [5.74, 6) is -0.527. The molecular weight excluding hydrogens is 1250 g/mol. The standard InChI is InChI=1S/C76H148O17P2/c1-7-10-12-14-16-18-19-26-30-34-41-47-53-59-74(79)87-65-71(92-75(80)60-54-48-42-35-31-28-25-23-21-20-22-24-27-29-33-38-44-50-56-68(4)5)66-90-94(82,83)88-62-70(77)63-89-95(84,85)91-67-72(64-86-73(78)58-52-46-40-32-17-15-13-11-8-2)93-76(81)61-55-49-43-37-36-39-45-51-57-69(6)9-3/h68-72,77H,7-67H2,1-6H3,(H,82,83)(H,84,85)/t69?,70-,71-,72-/m1/s1. The third-order valence-electron chi connectivity index (χ3n) is 18.1. The molecule has 6 atom stereocenters. The van der Waals surface area contributed by atoms with E-state index in [-0.39, 0.29) is 25.7 Å². The summed E-state index contributed by atoms with van der Waals surface area (Å²) in [5.41, 5.74) is 0. The van der Waals surface area contributed by atoms with Crippen molar-refractivity contribution < 1.29 is 80.2 Å². The van der Waals surface area contributed by atoms with E-state index >= 15 is 0 Å². The monoisotopic (exact) mass is 1400 g/mol. The molecule has 0 rings (SSSR count). The summed E-state index contributed by atoms with van der Waals surface area (Å²) < 4.78 is 68.5. The van der Waals surface area contributed by atoms with E-state index in [2.05, 4.69) is 41.5 Å². The summed E-state index contributed by atoms with van der Waals surface area (Å²) in [4.78, 5) is 72.7. The molecule has 0 saturated heterocycles. The number of hydrogen-bond acceptors (Lipinski definition) is 15. The molecule has 0 radical (unpaired) electrons. The minimum absolute atomic E-state index is 0.105. The van der Waals surface area contributed by atoms with Crippen molar-refractivity contribution in [1.29, 1.82) is 0 Å². The molecule has 0 aliphatic heterocycles. The number of aliphatic hydroxyl groups excluding tert-OH is 1. The first-order valence-corrected chi connectivity index (χ1v) is 42.5. The second kappa shape index (κ2) is 67.9. The van der Waals surface area contributed by atoms with Gasteiger partial charge >= 0.3 is 39.5 Å². The first-order chi connectivity index (χ1) is 45.9. The lowest BCUT2D eigenvalue weighted by atomic mass is 9.99. The average Bonchev–Trinajstić information content (AvgIpc) is 1.51. The summed E-state index contributed by atoms with van der Waals surface area (Å²) in [7, 11) is -9.91. The average molecular weight is 1400 g/mol. The number of esters is 4. The van der Waals surface area contributed by atoms with Crippen LogP contribution in [0.5, 0.6) is 0 Å². The Bertz CT molecular complexity index is 1840. The predicted octanol–water partition coefficient (Wildman–Crippen LogP) is 22.3. The van der Waals surface area contributed by atoms with E-state index in [1.54, 1.807) is 0 Å². The molecule has 17 nitrogen and oxygen atoms in total. The smallest absolute Gasteiger partial charge is 0.462 e. The van der Waals surface area contributed by atoms with Gasteiger partial charge in [-0.05, 0) is 37.5 Å². The maximum Gasteiger partial charge on any atom is 0.472 e. The van der Waals surface area contributed by atoms with E-state index in [1.165, 1.54) is 212 Å². The molecule has 0 fully saturated rings. The van der Waals surface area contributed by atoms with Gasteiger partial charge in [0, 0.05) is 25.7 Å². The van der Waals surface area contributed by atoms with E-state index in [0.717, 1.165) is 102 Å². The van der Waals surface area contributed by atoms with E-state index in [9.17, 15) is 43.2 Å². The Labute approximate surface area is 581 Å². The number of unbranched alkanes of at least 4 members (excludes halogenated alkanes) is 44. The first kappa shape index (κ1) is 93.1. The van der Waals surface area contributed by atoms with Crippen molar-refractivity contribution in [1.82, 2.24) is 0 Å². The molecule has 0 aliphatic rings. The Hall–Kier alpha value is -1.94. The number of hydrogen-bond donors (Lipinski definition) is 3. The fourth-order valence-electron chi connectivity index (χ4n) is 11.6. The zero-order valence-electron chi connectivity index (χ0n) is 62.0. The quantitative estimate of drug-likeness (QED) is 0.0222. The minimum atomic E-state index is -4.96. The fraction of sp³-hybridized carbons (Fsp3) is 0.947. The molecule has 95 heavy (non-hydrogen) atoms. The van der Waals surface area contributed by atoms with E-state index in [4.69, 9.17) is 37.0 Å². The highest BCUT2D eigenvalue weighted by Gasteiger charge is 2.30. The first-order valence-electron chi connectivity index (χ1n) is 39.5. The van der Waals surface area contributed by atoms with Crippen molar-refractivity contribution in [3.63, 3.8) is 0 Å². The number of ether oxygens (including phenoxy) is 4. The largest absolute Gasteiger partial charge is 0.472 e. The van der Waals surface area contributed by atoms with Gasteiger partial charge in [0.1, 0.15) is 19.3 Å². The lowest BCUT2D eigenvalue weighted by Crippen LogP contribution is -2.30. The second-order valence-electron chi connectivity index (χ2n) is 28.1. The van der Waals surface area contributed by atoms with Gasteiger partial charge in [0.05, 0.1) is 26.4 Å². The third kappa shape index (κ3) is 69.0. The predicted molar refractivity (Wildman–Crippen MR) is 386 cm³/mol. The molecule has 0 aliphatic carbocycles. The lowest BCUT2D eigenvalue weighted by molar-refractivity contribution is -0.161. The third-order valence-corrected chi connectivity index (χ3v) is 20.0. The number of carbonyl (C=O) groups is 4. The summed E-state index contributed by atoms with van der Waals surface area (Å²) >= 11 is 0. The summed E-state index contributed by atoms with van der Waals surface area (Å²) in [6, 6.07) is 0. The van der Waals surface area contributed by atoms with Gasteiger partial charge in [-0.25, -0.2) is 9.13 Å². The number of phosphoric ester groups is 2. The fourth-order valence-corrected chi connectivity index (χ4v) is 13.2. The van der Waals surface area contributed by atoms with Gasteiger partial charge in [0.2, 0.25) is 0 Å². The van der Waals surface area contributed by atoms with Crippen LogP contribution in [0, 0.1) is 11.8 Å². The second-order valence-corrected chi connectivity index (χ2v) is 31.0. The molecule has 0 heterocycles. The molecule has 0 amide bonds. The summed E-state index contributed by atoms with van der Waals surface area (Å²) in [6.07, 6.45) is 55.5. The van der Waals surface area contributed by atoms with Crippen LogP contribution in [0.25, 0.3) is 0 Å². The topological polar surface area (TPSA) is 237 Å². The molecule has 0 aromatic carbocycles. The molecule has 0 spiro atoms. The van der Waals surface area contributed by atoms with Crippen molar-refractivity contribution in [3.8, 4) is 0 Å². The van der Waals surface area contributed by atoms with Gasteiger partial charge in [0.25, 0.3) is 0 Å². The van der Waals surface area contributed by atoms with Crippen molar-refractivity contribution in [3.05, 3.63) is 0 Å². The summed E-state index contributed by atoms with van der Waals surface area (Å²) in [6.45, 7) is 9.61. The number of carbonyl (C=O) groups excluding carboxylic acids is 4. The SMILES string of the molecule is CCCCCCCCCCCCCCCC(=O)OC[C@H](COP(=O)(O)OC[C@@H](O)COP(=O)(O)OC[C@@H](COC(=O)CCCCCCCCCCC)OC(=O)CCCCCCCCCCC(C)CC)OC(=O)CCCCCCCCCCCCCCCCCCCCC(C)C. The van der Waals surface area contributed by atoms with Crippen molar-refractivity contribution in [2.75, 3.05) is 39.6 Å². The van der Waals surface area contributed by atoms with Crippen LogP contribution in [0.1, 0.15) is 395 Å². The lowest BCUT2D eigenvalue weighted by Gasteiger charge is -2.21. The maximum absolute atomic E-state index is 13.1. The van der Waals surface area contributed by atoms with E-state index in [1.807, 2.05) is 0 Å². The zero-order chi connectivity index (χ0) is 70.0. The Kier molecular flexibility index (Phi) is 66.5. The van der Waals surface area contributed by atoms with Crippen LogP contribution in [0.3, 0.4) is 0 Å². The van der Waals surface area contributed by atoms with Gasteiger partial charge in [-0.2, -0.15) is 0 Å².